The molecule has 1 aliphatic carbocycles. The molecule has 4 rings (SSSR count). The normalized spacial score (nSPS) is 24.1. The Labute approximate surface area is 175 Å². The number of hydrogen-bond acceptors (Lipinski definition) is 2. The molecule has 164 valence electrons. The van der Waals surface area contributed by atoms with Gasteiger partial charge in [0.15, 0.2) is 11.6 Å². The van der Waals surface area contributed by atoms with E-state index in [1.807, 2.05) is 0 Å². The minimum Gasteiger partial charge on any atom is -0.509 e. The van der Waals surface area contributed by atoms with Gasteiger partial charge in [-0.1, -0.05) is 18.2 Å². The van der Waals surface area contributed by atoms with Crippen molar-refractivity contribution in [3.05, 3.63) is 64.9 Å². The summed E-state index contributed by atoms with van der Waals surface area (Å²) in [4.78, 5) is 12.8. The Bertz CT molecular complexity index is 1080. The van der Waals surface area contributed by atoms with Crippen LogP contribution >= 0.6 is 0 Å². The molecule has 0 aromatic heterocycles. The van der Waals surface area contributed by atoms with Crippen LogP contribution in [0.1, 0.15) is 36.8 Å². The van der Waals surface area contributed by atoms with E-state index in [-0.39, 0.29) is 37.0 Å². The van der Waals surface area contributed by atoms with Gasteiger partial charge in [0.25, 0.3) is 5.91 Å². The highest BCUT2D eigenvalue weighted by Gasteiger charge is 2.52. The lowest BCUT2D eigenvalue weighted by molar-refractivity contribution is -0.184. The monoisotopic (exact) mass is 437 g/mol. The van der Waals surface area contributed by atoms with Crippen molar-refractivity contribution in [1.82, 2.24) is 5.32 Å². The fourth-order valence-electron chi connectivity index (χ4n) is 4.48. The molecule has 0 unspecified atom stereocenters. The summed E-state index contributed by atoms with van der Waals surface area (Å²) in [7, 11) is 0. The fraction of sp³-hybridized carbons (Fsp3) is 0.348. The van der Waals surface area contributed by atoms with Gasteiger partial charge in [0.1, 0.15) is 5.76 Å². The van der Waals surface area contributed by atoms with E-state index >= 15 is 0 Å². The van der Waals surface area contributed by atoms with Gasteiger partial charge in [-0.25, -0.2) is 8.78 Å². The van der Waals surface area contributed by atoms with Crippen molar-refractivity contribution in [2.24, 2.45) is 5.92 Å². The van der Waals surface area contributed by atoms with Crippen molar-refractivity contribution in [3.63, 3.8) is 0 Å². The Balaban J connectivity index is 1.72. The zero-order chi connectivity index (χ0) is 22.6. The SMILES string of the molecule is Cc1ccc(-c2ccc(F)c(F)c2)cc1C1=C(O)C2(CCC(C(F)(F)F)CC2)NC1=O. The number of carbonyl (C=O) groups is 1. The van der Waals surface area contributed by atoms with E-state index in [1.165, 1.54) is 6.07 Å². The Morgan fingerprint density at radius 2 is 1.61 bits per heavy atom. The van der Waals surface area contributed by atoms with Crippen LogP contribution in [0.25, 0.3) is 16.7 Å². The molecule has 0 saturated heterocycles. The van der Waals surface area contributed by atoms with Crippen molar-refractivity contribution in [2.75, 3.05) is 0 Å². The second kappa shape index (κ2) is 7.35. The predicted molar refractivity (Wildman–Crippen MR) is 105 cm³/mol. The standard InChI is InChI=1S/C23H20F5NO2/c1-12-2-3-13(14-4-5-17(24)18(25)11-14)10-16(12)19-20(30)22(29-21(19)31)8-6-15(7-9-22)23(26,27)28/h2-5,10-11,15,30H,6-9H2,1H3,(H,29,31). The van der Waals surface area contributed by atoms with Gasteiger partial charge in [0.05, 0.1) is 17.0 Å². The van der Waals surface area contributed by atoms with Crippen molar-refractivity contribution in [3.8, 4) is 11.1 Å². The number of aryl methyl sites for hydroxylation is 1. The maximum absolute atomic E-state index is 13.7. The number of alkyl halides is 3. The lowest BCUT2D eigenvalue weighted by Crippen LogP contribution is -2.48. The summed E-state index contributed by atoms with van der Waals surface area (Å²) in [5, 5.41) is 13.7. The molecule has 0 bridgehead atoms. The molecule has 2 aliphatic rings. The molecule has 1 heterocycles. The molecule has 8 heteroatoms. The zero-order valence-corrected chi connectivity index (χ0v) is 16.6. The summed E-state index contributed by atoms with van der Waals surface area (Å²) in [5.74, 6) is -4.27. The summed E-state index contributed by atoms with van der Waals surface area (Å²) < 4.78 is 66.0. The van der Waals surface area contributed by atoms with Crippen LogP contribution in [0.2, 0.25) is 0 Å². The van der Waals surface area contributed by atoms with Crippen LogP contribution in [0.5, 0.6) is 0 Å². The molecule has 0 radical (unpaired) electrons. The van der Waals surface area contributed by atoms with Crippen LogP contribution in [0, 0.1) is 24.5 Å². The van der Waals surface area contributed by atoms with Crippen LogP contribution in [-0.4, -0.2) is 22.7 Å². The molecule has 3 nitrogen and oxygen atoms in total. The highest BCUT2D eigenvalue weighted by atomic mass is 19.4. The molecule has 1 amide bonds. The number of benzene rings is 2. The fourth-order valence-corrected chi connectivity index (χ4v) is 4.48. The van der Waals surface area contributed by atoms with Crippen molar-refractivity contribution < 1.29 is 31.9 Å². The number of halogens is 5. The van der Waals surface area contributed by atoms with Crippen molar-refractivity contribution >= 4 is 11.5 Å². The summed E-state index contributed by atoms with van der Waals surface area (Å²) in [6, 6.07) is 8.39. The number of rotatable bonds is 2. The minimum atomic E-state index is -4.30. The van der Waals surface area contributed by atoms with E-state index in [2.05, 4.69) is 5.32 Å². The minimum absolute atomic E-state index is 0.00684. The maximum atomic E-state index is 13.7. The summed E-state index contributed by atoms with van der Waals surface area (Å²) in [5.41, 5.74) is 0.746. The average Bonchev–Trinajstić information content (AvgIpc) is 2.94. The van der Waals surface area contributed by atoms with E-state index in [0.717, 1.165) is 12.1 Å². The van der Waals surface area contributed by atoms with Gasteiger partial charge in [-0.3, -0.25) is 4.79 Å². The number of aliphatic hydroxyl groups excluding tert-OH is 1. The smallest absolute Gasteiger partial charge is 0.391 e. The first-order valence-electron chi connectivity index (χ1n) is 9.91. The number of nitrogens with one attached hydrogen (secondary N) is 1. The van der Waals surface area contributed by atoms with Gasteiger partial charge in [-0.2, -0.15) is 13.2 Å². The maximum Gasteiger partial charge on any atom is 0.391 e. The lowest BCUT2D eigenvalue weighted by Gasteiger charge is -2.37. The molecule has 2 aromatic carbocycles. The quantitative estimate of drug-likeness (QED) is 0.581. The topological polar surface area (TPSA) is 49.3 Å². The van der Waals surface area contributed by atoms with E-state index in [0.29, 0.717) is 22.3 Å². The van der Waals surface area contributed by atoms with E-state index in [1.54, 1.807) is 25.1 Å². The summed E-state index contributed by atoms with van der Waals surface area (Å²) in [6.07, 6.45) is -4.70. The van der Waals surface area contributed by atoms with Crippen molar-refractivity contribution in [2.45, 2.75) is 44.3 Å². The van der Waals surface area contributed by atoms with E-state index in [9.17, 15) is 31.9 Å². The van der Waals surface area contributed by atoms with Crippen molar-refractivity contribution in [1.29, 1.82) is 0 Å². The highest BCUT2D eigenvalue weighted by molar-refractivity contribution is 6.23. The first-order valence-corrected chi connectivity index (χ1v) is 9.91. The molecule has 1 saturated carbocycles. The van der Waals surface area contributed by atoms with E-state index < -0.39 is 35.2 Å². The third kappa shape index (κ3) is 3.68. The molecule has 1 spiro atoms. The molecule has 2 aromatic rings. The molecule has 2 N–H and O–H groups in total. The largest absolute Gasteiger partial charge is 0.509 e. The second-order valence-electron chi connectivity index (χ2n) is 8.23. The number of amides is 1. The zero-order valence-electron chi connectivity index (χ0n) is 16.6. The highest BCUT2D eigenvalue weighted by Crippen LogP contribution is 2.47. The van der Waals surface area contributed by atoms with Gasteiger partial charge >= 0.3 is 6.18 Å². The third-order valence-corrected chi connectivity index (χ3v) is 6.33. The Kier molecular flexibility index (Phi) is 5.06. The van der Waals surface area contributed by atoms with Crippen LogP contribution < -0.4 is 5.32 Å². The van der Waals surface area contributed by atoms with E-state index in [4.69, 9.17) is 0 Å². The lowest BCUT2D eigenvalue weighted by atomic mass is 9.75. The number of hydrogen-bond donors (Lipinski definition) is 2. The first-order chi connectivity index (χ1) is 14.5. The summed E-state index contributed by atoms with van der Waals surface area (Å²) in [6.45, 7) is 1.73. The van der Waals surface area contributed by atoms with Gasteiger partial charge in [-0.15, -0.1) is 0 Å². The molecule has 1 fully saturated rings. The number of aliphatic hydroxyl groups is 1. The van der Waals surface area contributed by atoms with Crippen LogP contribution in [-0.2, 0) is 4.79 Å². The molecule has 1 aliphatic heterocycles. The molecular weight excluding hydrogens is 417 g/mol. The van der Waals surface area contributed by atoms with Crippen LogP contribution in [0.4, 0.5) is 22.0 Å². The molecule has 0 atom stereocenters. The first kappa shape index (κ1) is 21.3. The number of carbonyl (C=O) groups excluding carboxylic acids is 1. The van der Waals surface area contributed by atoms with Gasteiger partial charge in [-0.05, 0) is 73.1 Å². The Morgan fingerprint density at radius 1 is 1.00 bits per heavy atom. The predicted octanol–water partition coefficient (Wildman–Crippen LogP) is 5.83. The van der Waals surface area contributed by atoms with Gasteiger partial charge in [0.2, 0.25) is 0 Å². The molecule has 31 heavy (non-hydrogen) atoms. The summed E-state index contributed by atoms with van der Waals surface area (Å²) >= 11 is 0. The van der Waals surface area contributed by atoms with Crippen LogP contribution in [0.15, 0.2) is 42.2 Å². The molecular formula is C23H20F5NO2. The van der Waals surface area contributed by atoms with Gasteiger partial charge < -0.3 is 10.4 Å². The second-order valence-corrected chi connectivity index (χ2v) is 8.23. The van der Waals surface area contributed by atoms with Crippen LogP contribution in [0.3, 0.4) is 0 Å². The Hall–Kier alpha value is -2.90. The third-order valence-electron chi connectivity index (χ3n) is 6.33. The average molecular weight is 437 g/mol. The Morgan fingerprint density at radius 3 is 2.23 bits per heavy atom. The van der Waals surface area contributed by atoms with Gasteiger partial charge in [0, 0.05) is 0 Å².